The van der Waals surface area contributed by atoms with Gasteiger partial charge in [-0.3, -0.25) is 9.69 Å². The van der Waals surface area contributed by atoms with Gasteiger partial charge >= 0.3 is 0 Å². The Bertz CT molecular complexity index is 1080. The van der Waals surface area contributed by atoms with Crippen LogP contribution in [-0.2, 0) is 16.1 Å². The predicted octanol–water partition coefficient (Wildman–Crippen LogP) is 3.25. The van der Waals surface area contributed by atoms with Crippen molar-refractivity contribution in [2.75, 3.05) is 38.2 Å². The molecule has 0 spiro atoms. The molecular weight excluding hydrogens is 392 g/mol. The molecule has 1 aromatic heterocycles. The van der Waals surface area contributed by atoms with Crippen molar-refractivity contribution in [3.05, 3.63) is 60.3 Å². The molecule has 3 aromatic rings. The summed E-state index contributed by atoms with van der Waals surface area (Å²) in [7, 11) is 0. The summed E-state index contributed by atoms with van der Waals surface area (Å²) in [5, 5.41) is 12.9. The zero-order valence-electron chi connectivity index (χ0n) is 17.6. The van der Waals surface area contributed by atoms with Gasteiger partial charge < -0.3 is 19.4 Å². The number of carbonyl (C=O) groups is 1. The number of aromatic nitrogens is 1. The molecule has 2 aromatic carbocycles. The van der Waals surface area contributed by atoms with Crippen LogP contribution in [0.15, 0.2) is 54.7 Å². The molecule has 31 heavy (non-hydrogen) atoms. The van der Waals surface area contributed by atoms with E-state index >= 15 is 0 Å². The van der Waals surface area contributed by atoms with Crippen LogP contribution in [0.25, 0.3) is 10.9 Å². The Kier molecular flexibility index (Phi) is 6.51. The van der Waals surface area contributed by atoms with E-state index in [0.717, 1.165) is 56.0 Å². The number of hydrogen-bond donors (Lipinski definition) is 1. The second kappa shape index (κ2) is 9.65. The Morgan fingerprint density at radius 3 is 2.68 bits per heavy atom. The second-order valence-electron chi connectivity index (χ2n) is 7.62. The molecule has 7 nitrogen and oxygen atoms in total. The summed E-state index contributed by atoms with van der Waals surface area (Å²) in [5.41, 5.74) is 2.43. The molecule has 1 fully saturated rings. The number of nitrogens with one attached hydrogen (secondary N) is 1. The van der Waals surface area contributed by atoms with Crippen LogP contribution >= 0.6 is 0 Å². The molecule has 1 saturated heterocycles. The lowest BCUT2D eigenvalue weighted by Crippen LogP contribution is -2.38. The SMILES string of the molecule is CC(Oc1ccc(C#N)cc1)C(=O)Nc1ccc2c(ccn2CCN2CCOCC2)c1. The zero-order chi connectivity index (χ0) is 21.6. The molecule has 0 radical (unpaired) electrons. The Labute approximate surface area is 181 Å². The monoisotopic (exact) mass is 418 g/mol. The fourth-order valence-corrected chi connectivity index (χ4v) is 3.66. The van der Waals surface area contributed by atoms with E-state index in [-0.39, 0.29) is 5.91 Å². The number of nitrogens with zero attached hydrogens (tertiary/aromatic N) is 3. The van der Waals surface area contributed by atoms with E-state index in [1.54, 1.807) is 31.2 Å². The summed E-state index contributed by atoms with van der Waals surface area (Å²) in [4.78, 5) is 15.0. The minimum Gasteiger partial charge on any atom is -0.481 e. The fourth-order valence-electron chi connectivity index (χ4n) is 3.66. The third-order valence-corrected chi connectivity index (χ3v) is 5.46. The van der Waals surface area contributed by atoms with E-state index in [0.29, 0.717) is 11.3 Å². The van der Waals surface area contributed by atoms with E-state index in [4.69, 9.17) is 14.7 Å². The Hall–Kier alpha value is -3.34. The van der Waals surface area contributed by atoms with Crippen molar-refractivity contribution in [1.82, 2.24) is 9.47 Å². The number of rotatable bonds is 7. The number of anilines is 1. The van der Waals surface area contributed by atoms with Gasteiger partial charge in [-0.1, -0.05) is 0 Å². The maximum absolute atomic E-state index is 12.5. The summed E-state index contributed by atoms with van der Waals surface area (Å²) >= 11 is 0. The van der Waals surface area contributed by atoms with Crippen molar-refractivity contribution in [3.63, 3.8) is 0 Å². The summed E-state index contributed by atoms with van der Waals surface area (Å²) in [6, 6.07) is 16.8. The minimum absolute atomic E-state index is 0.226. The Morgan fingerprint density at radius 1 is 1.16 bits per heavy atom. The molecule has 1 aliphatic rings. The second-order valence-corrected chi connectivity index (χ2v) is 7.62. The first kappa shape index (κ1) is 20.9. The molecule has 0 aliphatic carbocycles. The van der Waals surface area contributed by atoms with Gasteiger partial charge in [0.1, 0.15) is 5.75 Å². The van der Waals surface area contributed by atoms with Crippen LogP contribution in [0, 0.1) is 11.3 Å². The quantitative estimate of drug-likeness (QED) is 0.637. The summed E-state index contributed by atoms with van der Waals surface area (Å²) < 4.78 is 13.3. The normalized spacial score (nSPS) is 15.4. The van der Waals surface area contributed by atoms with Crippen molar-refractivity contribution in [1.29, 1.82) is 5.26 Å². The highest BCUT2D eigenvalue weighted by Crippen LogP contribution is 2.21. The van der Waals surface area contributed by atoms with E-state index < -0.39 is 6.10 Å². The van der Waals surface area contributed by atoms with Crippen molar-refractivity contribution in [2.24, 2.45) is 0 Å². The van der Waals surface area contributed by atoms with Crippen LogP contribution in [0.4, 0.5) is 5.69 Å². The topological polar surface area (TPSA) is 79.5 Å². The summed E-state index contributed by atoms with van der Waals surface area (Å²) in [5.74, 6) is 0.324. The maximum atomic E-state index is 12.5. The number of fused-ring (bicyclic) bond motifs is 1. The van der Waals surface area contributed by atoms with E-state index in [9.17, 15) is 4.79 Å². The molecule has 1 aliphatic heterocycles. The highest BCUT2D eigenvalue weighted by atomic mass is 16.5. The molecular formula is C24H26N4O3. The Morgan fingerprint density at radius 2 is 1.94 bits per heavy atom. The molecule has 160 valence electrons. The van der Waals surface area contributed by atoms with Gasteiger partial charge in [-0.25, -0.2) is 0 Å². The standard InChI is InChI=1S/C24H26N4O3/c1-18(31-22-5-2-19(17-25)3-6-22)24(29)26-21-4-7-23-20(16-21)8-9-28(23)11-10-27-12-14-30-15-13-27/h2-9,16,18H,10-15H2,1H3,(H,26,29). The number of carbonyl (C=O) groups excluding carboxylic acids is 1. The number of nitriles is 1. The molecule has 2 heterocycles. The number of hydrogen-bond acceptors (Lipinski definition) is 5. The number of morpholine rings is 1. The molecule has 4 rings (SSSR count). The van der Waals surface area contributed by atoms with Gasteiger partial charge in [-0.15, -0.1) is 0 Å². The Balaban J connectivity index is 1.35. The van der Waals surface area contributed by atoms with Crippen LogP contribution in [0.1, 0.15) is 12.5 Å². The first-order valence-electron chi connectivity index (χ1n) is 10.5. The van der Waals surface area contributed by atoms with Crippen LogP contribution < -0.4 is 10.1 Å². The fraction of sp³-hybridized carbons (Fsp3) is 0.333. The van der Waals surface area contributed by atoms with Crippen molar-refractivity contribution in [2.45, 2.75) is 19.6 Å². The van der Waals surface area contributed by atoms with Crippen LogP contribution in [-0.4, -0.2) is 54.3 Å². The average Bonchev–Trinajstić information content (AvgIpc) is 3.21. The lowest BCUT2D eigenvalue weighted by Gasteiger charge is -2.26. The number of amides is 1. The maximum Gasteiger partial charge on any atom is 0.265 e. The molecule has 7 heteroatoms. The van der Waals surface area contributed by atoms with Gasteiger partial charge in [-0.2, -0.15) is 5.26 Å². The van der Waals surface area contributed by atoms with Crippen molar-refractivity contribution >= 4 is 22.5 Å². The highest BCUT2D eigenvalue weighted by molar-refractivity contribution is 5.96. The molecule has 0 bridgehead atoms. The van der Waals surface area contributed by atoms with Gasteiger partial charge in [0, 0.05) is 49.0 Å². The van der Waals surface area contributed by atoms with Crippen LogP contribution in [0.2, 0.25) is 0 Å². The van der Waals surface area contributed by atoms with Gasteiger partial charge in [0.15, 0.2) is 6.10 Å². The molecule has 0 saturated carbocycles. The summed E-state index contributed by atoms with van der Waals surface area (Å²) in [6.07, 6.45) is 1.43. The largest absolute Gasteiger partial charge is 0.481 e. The number of benzene rings is 2. The lowest BCUT2D eigenvalue weighted by atomic mass is 10.2. The van der Waals surface area contributed by atoms with Gasteiger partial charge in [0.05, 0.1) is 24.8 Å². The summed E-state index contributed by atoms with van der Waals surface area (Å²) in [6.45, 7) is 7.20. The molecule has 1 atom stereocenters. The molecule has 1 N–H and O–H groups in total. The molecule has 1 amide bonds. The minimum atomic E-state index is -0.665. The van der Waals surface area contributed by atoms with Gasteiger partial charge in [0.2, 0.25) is 0 Å². The predicted molar refractivity (Wildman–Crippen MR) is 119 cm³/mol. The number of ether oxygens (including phenoxy) is 2. The van der Waals surface area contributed by atoms with Crippen LogP contribution in [0.5, 0.6) is 5.75 Å². The molecule has 1 unspecified atom stereocenters. The third-order valence-electron chi connectivity index (χ3n) is 5.46. The van der Waals surface area contributed by atoms with Crippen molar-refractivity contribution < 1.29 is 14.3 Å². The van der Waals surface area contributed by atoms with Gasteiger partial charge in [0.25, 0.3) is 5.91 Å². The van der Waals surface area contributed by atoms with E-state index in [1.165, 1.54) is 0 Å². The van der Waals surface area contributed by atoms with Gasteiger partial charge in [-0.05, 0) is 55.5 Å². The average molecular weight is 418 g/mol. The van der Waals surface area contributed by atoms with E-state index in [1.807, 2.05) is 18.2 Å². The smallest absolute Gasteiger partial charge is 0.265 e. The zero-order valence-corrected chi connectivity index (χ0v) is 17.6. The first-order chi connectivity index (χ1) is 15.1. The first-order valence-corrected chi connectivity index (χ1v) is 10.5. The van der Waals surface area contributed by atoms with Crippen molar-refractivity contribution in [3.8, 4) is 11.8 Å². The highest BCUT2D eigenvalue weighted by Gasteiger charge is 2.16. The van der Waals surface area contributed by atoms with E-state index in [2.05, 4.69) is 33.1 Å². The third kappa shape index (κ3) is 5.23. The van der Waals surface area contributed by atoms with Crippen LogP contribution in [0.3, 0.4) is 0 Å². The lowest BCUT2D eigenvalue weighted by molar-refractivity contribution is -0.122.